The number of hydrogen-bond donors (Lipinski definition) is 0. The second-order valence-electron chi connectivity index (χ2n) is 3.13. The zero-order chi connectivity index (χ0) is 12.1. The predicted octanol–water partition coefficient (Wildman–Crippen LogP) is 2.94. The molecule has 86 valence electrons. The number of nitrogens with zero attached hydrogens (tertiary/aromatic N) is 1. The average Bonchev–Trinajstić information content (AvgIpc) is 2.25. The SMILES string of the molecule is O=C(CCCCl)c1cc(F)ccc1[N+](=O)[O-]. The fourth-order valence-electron chi connectivity index (χ4n) is 1.25. The standard InChI is InChI=1S/C10H9ClFNO3/c11-5-1-2-10(14)8-6-7(12)3-4-9(8)13(15)16/h3-4,6H,1-2,5H2. The molecule has 0 saturated heterocycles. The predicted molar refractivity (Wildman–Crippen MR) is 57.3 cm³/mol. The first kappa shape index (κ1) is 12.6. The molecule has 0 fully saturated rings. The third kappa shape index (κ3) is 3.00. The fraction of sp³-hybridized carbons (Fsp3) is 0.300. The van der Waals surface area contributed by atoms with Crippen LogP contribution >= 0.6 is 11.6 Å². The van der Waals surface area contributed by atoms with Gasteiger partial charge in [-0.25, -0.2) is 4.39 Å². The number of hydrogen-bond acceptors (Lipinski definition) is 3. The first-order chi connectivity index (χ1) is 7.56. The molecule has 0 amide bonds. The van der Waals surface area contributed by atoms with E-state index in [0.29, 0.717) is 6.42 Å². The highest BCUT2D eigenvalue weighted by molar-refractivity contribution is 6.18. The largest absolute Gasteiger partial charge is 0.294 e. The van der Waals surface area contributed by atoms with Crippen molar-refractivity contribution in [3.05, 3.63) is 39.7 Å². The molecule has 0 heterocycles. The van der Waals surface area contributed by atoms with Crippen molar-refractivity contribution < 1.29 is 14.1 Å². The van der Waals surface area contributed by atoms with Crippen LogP contribution in [0, 0.1) is 15.9 Å². The van der Waals surface area contributed by atoms with Gasteiger partial charge in [-0.15, -0.1) is 11.6 Å². The second-order valence-corrected chi connectivity index (χ2v) is 3.51. The number of Topliss-reactive ketones (excluding diaryl/α,β-unsaturated/α-hetero) is 1. The number of ketones is 1. The third-order valence-electron chi connectivity index (χ3n) is 1.99. The van der Waals surface area contributed by atoms with Crippen molar-refractivity contribution >= 4 is 23.1 Å². The third-order valence-corrected chi connectivity index (χ3v) is 2.26. The van der Waals surface area contributed by atoms with E-state index in [9.17, 15) is 19.3 Å². The van der Waals surface area contributed by atoms with Gasteiger partial charge in [0.15, 0.2) is 5.78 Å². The smallest absolute Gasteiger partial charge is 0.280 e. The molecule has 4 nitrogen and oxygen atoms in total. The Morgan fingerprint density at radius 3 is 2.75 bits per heavy atom. The van der Waals surface area contributed by atoms with Crippen molar-refractivity contribution in [2.45, 2.75) is 12.8 Å². The maximum Gasteiger partial charge on any atom is 0.280 e. The highest BCUT2D eigenvalue weighted by Gasteiger charge is 2.20. The number of rotatable bonds is 5. The topological polar surface area (TPSA) is 60.2 Å². The minimum Gasteiger partial charge on any atom is -0.294 e. The van der Waals surface area contributed by atoms with Gasteiger partial charge < -0.3 is 0 Å². The van der Waals surface area contributed by atoms with E-state index in [1.54, 1.807) is 0 Å². The molecule has 0 unspecified atom stereocenters. The summed E-state index contributed by atoms with van der Waals surface area (Å²) in [6, 6.07) is 2.83. The summed E-state index contributed by atoms with van der Waals surface area (Å²) in [5, 5.41) is 10.6. The van der Waals surface area contributed by atoms with E-state index < -0.39 is 16.5 Å². The van der Waals surface area contributed by atoms with Crippen LogP contribution in [0.5, 0.6) is 0 Å². The molecule has 6 heteroatoms. The molecule has 0 aliphatic carbocycles. The molecule has 0 bridgehead atoms. The summed E-state index contributed by atoms with van der Waals surface area (Å²) < 4.78 is 12.9. The Kier molecular flexibility index (Phi) is 4.37. The van der Waals surface area contributed by atoms with E-state index in [1.807, 2.05) is 0 Å². The summed E-state index contributed by atoms with van der Waals surface area (Å²) in [6.07, 6.45) is 0.488. The van der Waals surface area contributed by atoms with Crippen molar-refractivity contribution in [1.29, 1.82) is 0 Å². The lowest BCUT2D eigenvalue weighted by Gasteiger charge is -2.01. The minimum atomic E-state index is -0.701. The fourth-order valence-corrected chi connectivity index (χ4v) is 1.39. The lowest BCUT2D eigenvalue weighted by atomic mass is 10.0. The van der Waals surface area contributed by atoms with Crippen LogP contribution in [0.2, 0.25) is 0 Å². The zero-order valence-electron chi connectivity index (χ0n) is 8.28. The monoisotopic (exact) mass is 245 g/mol. The van der Waals surface area contributed by atoms with E-state index in [4.69, 9.17) is 11.6 Å². The highest BCUT2D eigenvalue weighted by atomic mass is 35.5. The quantitative estimate of drug-likeness (QED) is 0.347. The van der Waals surface area contributed by atoms with Crippen LogP contribution in [0.1, 0.15) is 23.2 Å². The molecule has 0 saturated carbocycles. The number of carbonyl (C=O) groups is 1. The molecule has 1 rings (SSSR count). The van der Waals surface area contributed by atoms with E-state index in [0.717, 1.165) is 18.2 Å². The molecule has 0 radical (unpaired) electrons. The number of nitro groups is 1. The molecule has 0 N–H and O–H groups in total. The molecule has 0 aliphatic rings. The summed E-state index contributed by atoms with van der Waals surface area (Å²) in [5.41, 5.74) is -0.573. The van der Waals surface area contributed by atoms with Gasteiger partial charge in [-0.1, -0.05) is 0 Å². The van der Waals surface area contributed by atoms with Gasteiger partial charge in [-0.05, 0) is 18.6 Å². The van der Waals surface area contributed by atoms with Crippen LogP contribution in [0.3, 0.4) is 0 Å². The summed E-state index contributed by atoms with van der Waals surface area (Å²) in [5.74, 6) is -0.846. The number of alkyl halides is 1. The number of halogens is 2. The van der Waals surface area contributed by atoms with E-state index in [1.165, 1.54) is 0 Å². The average molecular weight is 246 g/mol. The van der Waals surface area contributed by atoms with E-state index >= 15 is 0 Å². The van der Waals surface area contributed by atoms with Crippen LogP contribution in [-0.2, 0) is 0 Å². The van der Waals surface area contributed by atoms with E-state index in [-0.39, 0.29) is 23.6 Å². The number of nitro benzene ring substituents is 1. The van der Waals surface area contributed by atoms with Gasteiger partial charge in [-0.2, -0.15) is 0 Å². The molecule has 0 aromatic heterocycles. The summed E-state index contributed by atoms with van der Waals surface area (Å²) in [4.78, 5) is 21.5. The number of carbonyl (C=O) groups excluding carboxylic acids is 1. The Labute approximate surface area is 96.2 Å². The normalized spacial score (nSPS) is 10.1. The Hall–Kier alpha value is -1.49. The molecule has 1 aromatic rings. The maximum atomic E-state index is 12.9. The first-order valence-corrected chi connectivity index (χ1v) is 5.13. The lowest BCUT2D eigenvalue weighted by Crippen LogP contribution is -2.04. The van der Waals surface area contributed by atoms with Crippen molar-refractivity contribution in [3.63, 3.8) is 0 Å². The minimum absolute atomic E-state index is 0.0772. The maximum absolute atomic E-state index is 12.9. The van der Waals surface area contributed by atoms with Crippen LogP contribution in [0.15, 0.2) is 18.2 Å². The Morgan fingerprint density at radius 2 is 2.19 bits per heavy atom. The van der Waals surface area contributed by atoms with Gasteiger partial charge in [0.2, 0.25) is 0 Å². The van der Waals surface area contributed by atoms with E-state index in [2.05, 4.69) is 0 Å². The zero-order valence-corrected chi connectivity index (χ0v) is 9.04. The molecular weight excluding hydrogens is 237 g/mol. The Balaban J connectivity index is 3.04. The summed E-state index contributed by atoms with van der Waals surface area (Å²) in [7, 11) is 0. The lowest BCUT2D eigenvalue weighted by molar-refractivity contribution is -0.385. The Bertz CT molecular complexity index is 423. The van der Waals surface area contributed by atoms with Crippen LogP contribution in [0.25, 0.3) is 0 Å². The second kappa shape index (κ2) is 5.55. The van der Waals surface area contributed by atoms with Gasteiger partial charge in [-0.3, -0.25) is 14.9 Å². The van der Waals surface area contributed by atoms with Crippen molar-refractivity contribution in [2.75, 3.05) is 5.88 Å². The molecular formula is C10H9ClFNO3. The Morgan fingerprint density at radius 1 is 1.50 bits per heavy atom. The van der Waals surface area contributed by atoms with Crippen LogP contribution < -0.4 is 0 Å². The van der Waals surface area contributed by atoms with Crippen molar-refractivity contribution in [2.24, 2.45) is 0 Å². The van der Waals surface area contributed by atoms with Crippen LogP contribution in [0.4, 0.5) is 10.1 Å². The molecule has 0 atom stereocenters. The van der Waals surface area contributed by atoms with Crippen molar-refractivity contribution in [1.82, 2.24) is 0 Å². The van der Waals surface area contributed by atoms with Crippen LogP contribution in [-0.4, -0.2) is 16.6 Å². The highest BCUT2D eigenvalue weighted by Crippen LogP contribution is 2.21. The van der Waals surface area contributed by atoms with Gasteiger partial charge in [0, 0.05) is 18.4 Å². The number of benzene rings is 1. The molecule has 0 spiro atoms. The van der Waals surface area contributed by atoms with Gasteiger partial charge >= 0.3 is 0 Å². The first-order valence-electron chi connectivity index (χ1n) is 4.59. The molecule has 16 heavy (non-hydrogen) atoms. The van der Waals surface area contributed by atoms with Crippen molar-refractivity contribution in [3.8, 4) is 0 Å². The summed E-state index contributed by atoms with van der Waals surface area (Å²) in [6.45, 7) is 0. The van der Waals surface area contributed by atoms with Gasteiger partial charge in [0.1, 0.15) is 5.82 Å². The van der Waals surface area contributed by atoms with Gasteiger partial charge in [0.25, 0.3) is 5.69 Å². The van der Waals surface area contributed by atoms with Gasteiger partial charge in [0.05, 0.1) is 10.5 Å². The summed E-state index contributed by atoms with van der Waals surface area (Å²) >= 11 is 5.41. The molecule has 0 aliphatic heterocycles. The molecule has 1 aromatic carbocycles.